The Labute approximate surface area is 172 Å². The lowest BCUT2D eigenvalue weighted by atomic mass is 9.77. The molecule has 1 N–H and O–H groups in total. The number of aryl methyl sites for hydroxylation is 1. The van der Waals surface area contributed by atoms with Crippen LogP contribution in [0.5, 0.6) is 0 Å². The van der Waals surface area contributed by atoms with Crippen molar-refractivity contribution in [2.24, 2.45) is 11.8 Å². The summed E-state index contributed by atoms with van der Waals surface area (Å²) in [6, 6.07) is 0.277. The van der Waals surface area contributed by atoms with Gasteiger partial charge in [-0.3, -0.25) is 9.69 Å². The average Bonchev–Trinajstić information content (AvgIpc) is 3.31. The second-order valence-corrected chi connectivity index (χ2v) is 10.3. The average molecular weight is 404 g/mol. The van der Waals surface area contributed by atoms with Gasteiger partial charge in [0.25, 0.3) is 5.91 Å². The van der Waals surface area contributed by atoms with E-state index in [0.717, 1.165) is 69.8 Å². The van der Waals surface area contributed by atoms with E-state index in [-0.39, 0.29) is 18.1 Å². The van der Waals surface area contributed by atoms with Crippen LogP contribution in [0.1, 0.15) is 46.5 Å². The van der Waals surface area contributed by atoms with Gasteiger partial charge in [-0.25, -0.2) is 0 Å². The molecular formula is C22H33N3O2S. The van der Waals surface area contributed by atoms with Crippen LogP contribution >= 0.6 is 11.3 Å². The van der Waals surface area contributed by atoms with Gasteiger partial charge in [-0.1, -0.05) is 0 Å². The maximum atomic E-state index is 13.3. The second-order valence-electron chi connectivity index (χ2n) is 9.45. The fourth-order valence-electron chi connectivity index (χ4n) is 5.96. The highest BCUT2D eigenvalue weighted by atomic mass is 32.1. The minimum Gasteiger partial charge on any atom is -0.391 e. The van der Waals surface area contributed by atoms with Crippen molar-refractivity contribution in [3.63, 3.8) is 0 Å². The molecule has 28 heavy (non-hydrogen) atoms. The number of aliphatic hydroxyl groups is 1. The van der Waals surface area contributed by atoms with E-state index in [4.69, 9.17) is 0 Å². The Bertz CT molecular complexity index is 727. The number of likely N-dealkylation sites (N-methyl/N-ethyl adjacent to an activating group) is 1. The molecule has 3 heterocycles. The van der Waals surface area contributed by atoms with Crippen molar-refractivity contribution in [3.05, 3.63) is 21.4 Å². The standard InChI is InChI=1S/C22H33N3O2S/c1-23-6-8-24(9-7-23)19-10-16-12-25(13-17(16)11-20(19)26)22(27)21-18-5-3-2-4-15(18)14-28-21/h14,16-17,19-20,26H,2-13H2,1H3/t16-,17+,19-,20-/m1/s1. The molecule has 1 amide bonds. The zero-order valence-corrected chi connectivity index (χ0v) is 17.8. The fraction of sp³-hybridized carbons (Fsp3) is 0.773. The van der Waals surface area contributed by atoms with Crippen LogP contribution in [0.3, 0.4) is 0 Å². The number of piperazine rings is 1. The molecule has 0 spiro atoms. The Morgan fingerprint density at radius 3 is 2.57 bits per heavy atom. The smallest absolute Gasteiger partial charge is 0.264 e. The number of nitrogens with zero attached hydrogens (tertiary/aromatic N) is 3. The van der Waals surface area contributed by atoms with Gasteiger partial charge in [-0.2, -0.15) is 0 Å². The van der Waals surface area contributed by atoms with Crippen LogP contribution in [-0.4, -0.2) is 84.2 Å². The van der Waals surface area contributed by atoms with E-state index < -0.39 is 0 Å². The van der Waals surface area contributed by atoms with E-state index in [1.807, 2.05) is 0 Å². The molecule has 4 atom stereocenters. The van der Waals surface area contributed by atoms with Crippen molar-refractivity contribution in [2.75, 3.05) is 46.3 Å². The summed E-state index contributed by atoms with van der Waals surface area (Å²) in [6.07, 6.45) is 6.35. The summed E-state index contributed by atoms with van der Waals surface area (Å²) < 4.78 is 0. The molecule has 1 saturated carbocycles. The number of likely N-dealkylation sites (tertiary alicyclic amines) is 1. The molecule has 154 valence electrons. The van der Waals surface area contributed by atoms with Gasteiger partial charge >= 0.3 is 0 Å². The van der Waals surface area contributed by atoms with Crippen LogP contribution in [-0.2, 0) is 12.8 Å². The van der Waals surface area contributed by atoms with Crippen LogP contribution < -0.4 is 0 Å². The molecule has 0 unspecified atom stereocenters. The van der Waals surface area contributed by atoms with Gasteiger partial charge < -0.3 is 14.9 Å². The Balaban J connectivity index is 1.26. The quantitative estimate of drug-likeness (QED) is 0.821. The Morgan fingerprint density at radius 1 is 1.07 bits per heavy atom. The number of rotatable bonds is 2. The number of hydrogen-bond donors (Lipinski definition) is 1. The number of fused-ring (bicyclic) bond motifs is 2. The monoisotopic (exact) mass is 403 g/mol. The van der Waals surface area contributed by atoms with Gasteiger partial charge in [0.05, 0.1) is 11.0 Å². The van der Waals surface area contributed by atoms with Crippen molar-refractivity contribution < 1.29 is 9.90 Å². The zero-order chi connectivity index (χ0) is 19.3. The largest absolute Gasteiger partial charge is 0.391 e. The Hall–Kier alpha value is -0.950. The van der Waals surface area contributed by atoms with Gasteiger partial charge in [0.1, 0.15) is 0 Å². The van der Waals surface area contributed by atoms with Gasteiger partial charge in [0, 0.05) is 45.3 Å². The number of carbonyl (C=O) groups excluding carboxylic acids is 1. The molecule has 6 heteroatoms. The van der Waals surface area contributed by atoms with Crippen LogP contribution in [0.2, 0.25) is 0 Å². The Morgan fingerprint density at radius 2 is 1.79 bits per heavy atom. The second kappa shape index (κ2) is 7.71. The first-order valence-electron chi connectivity index (χ1n) is 11.1. The van der Waals surface area contributed by atoms with E-state index in [2.05, 4.69) is 27.1 Å². The van der Waals surface area contributed by atoms with Crippen molar-refractivity contribution in [2.45, 2.75) is 50.7 Å². The predicted octanol–water partition coefficient (Wildman–Crippen LogP) is 2.09. The maximum Gasteiger partial charge on any atom is 0.264 e. The molecule has 1 aromatic heterocycles. The van der Waals surface area contributed by atoms with E-state index in [0.29, 0.717) is 11.8 Å². The summed E-state index contributed by atoms with van der Waals surface area (Å²) in [7, 11) is 2.18. The number of hydrogen-bond acceptors (Lipinski definition) is 5. The molecule has 1 aromatic rings. The number of aliphatic hydroxyl groups excluding tert-OH is 1. The normalized spacial score (nSPS) is 34.3. The predicted molar refractivity (Wildman–Crippen MR) is 112 cm³/mol. The molecule has 2 aliphatic carbocycles. The minimum absolute atomic E-state index is 0.241. The summed E-state index contributed by atoms with van der Waals surface area (Å²) in [5.74, 6) is 1.28. The van der Waals surface area contributed by atoms with Crippen molar-refractivity contribution >= 4 is 17.2 Å². The number of amides is 1. The van der Waals surface area contributed by atoms with Crippen LogP contribution in [0, 0.1) is 11.8 Å². The molecule has 2 saturated heterocycles. The summed E-state index contributed by atoms with van der Waals surface area (Å²) in [5, 5.41) is 13.1. The summed E-state index contributed by atoms with van der Waals surface area (Å²) >= 11 is 1.66. The molecule has 5 rings (SSSR count). The van der Waals surface area contributed by atoms with Gasteiger partial charge in [0.15, 0.2) is 0 Å². The maximum absolute atomic E-state index is 13.3. The lowest BCUT2D eigenvalue weighted by molar-refractivity contribution is -0.0249. The van der Waals surface area contributed by atoms with Gasteiger partial charge in [-0.15, -0.1) is 11.3 Å². The summed E-state index contributed by atoms with van der Waals surface area (Å²) in [6.45, 7) is 6.01. The first kappa shape index (κ1) is 19.0. The van der Waals surface area contributed by atoms with Crippen molar-refractivity contribution in [1.29, 1.82) is 0 Å². The topological polar surface area (TPSA) is 47.0 Å². The summed E-state index contributed by atoms with van der Waals surface area (Å²) in [4.78, 5) is 21.3. The minimum atomic E-state index is -0.241. The van der Waals surface area contributed by atoms with Crippen LogP contribution in [0.15, 0.2) is 5.38 Å². The molecule has 2 aliphatic heterocycles. The highest BCUT2D eigenvalue weighted by Crippen LogP contribution is 2.40. The van der Waals surface area contributed by atoms with E-state index in [9.17, 15) is 9.90 Å². The third-order valence-corrected chi connectivity index (χ3v) is 8.76. The molecule has 0 aromatic carbocycles. The highest BCUT2D eigenvalue weighted by Gasteiger charge is 2.45. The third kappa shape index (κ3) is 3.42. The SMILES string of the molecule is CN1CCN([C@@H]2C[C@@H]3CN(C(=O)c4scc5c4CCCC5)C[C@@H]3C[C@H]2O)CC1. The van der Waals surface area contributed by atoms with Crippen LogP contribution in [0.4, 0.5) is 0 Å². The van der Waals surface area contributed by atoms with E-state index >= 15 is 0 Å². The highest BCUT2D eigenvalue weighted by molar-refractivity contribution is 7.12. The lowest BCUT2D eigenvalue weighted by Crippen LogP contribution is -2.55. The third-order valence-electron chi connectivity index (χ3n) is 7.70. The van der Waals surface area contributed by atoms with Crippen molar-refractivity contribution in [3.8, 4) is 0 Å². The lowest BCUT2D eigenvalue weighted by Gasteiger charge is -2.44. The van der Waals surface area contributed by atoms with E-state index in [1.165, 1.54) is 24.0 Å². The van der Waals surface area contributed by atoms with Crippen LogP contribution in [0.25, 0.3) is 0 Å². The molecule has 0 bridgehead atoms. The first-order chi connectivity index (χ1) is 13.6. The molecule has 5 nitrogen and oxygen atoms in total. The first-order valence-corrected chi connectivity index (χ1v) is 12.0. The summed E-state index contributed by atoms with van der Waals surface area (Å²) in [5.41, 5.74) is 2.76. The number of carbonyl (C=O) groups is 1. The van der Waals surface area contributed by atoms with Gasteiger partial charge in [-0.05, 0) is 73.9 Å². The molecule has 3 fully saturated rings. The van der Waals surface area contributed by atoms with Crippen molar-refractivity contribution in [1.82, 2.24) is 14.7 Å². The zero-order valence-electron chi connectivity index (χ0n) is 17.0. The number of thiophene rings is 1. The van der Waals surface area contributed by atoms with E-state index in [1.54, 1.807) is 11.3 Å². The fourth-order valence-corrected chi connectivity index (χ4v) is 7.09. The molecular weight excluding hydrogens is 370 g/mol. The molecule has 4 aliphatic rings. The molecule has 0 radical (unpaired) electrons. The van der Waals surface area contributed by atoms with Gasteiger partial charge in [0.2, 0.25) is 0 Å². The Kier molecular flexibility index (Phi) is 5.24.